The summed E-state index contributed by atoms with van der Waals surface area (Å²) in [6, 6.07) is 10.4. The van der Waals surface area contributed by atoms with Crippen LogP contribution >= 0.6 is 0 Å². The van der Waals surface area contributed by atoms with Crippen LogP contribution in [0, 0.1) is 0 Å². The number of nitrogens with one attached hydrogen (secondary N) is 3. The number of hydrogen-bond acceptors (Lipinski definition) is 7. The van der Waals surface area contributed by atoms with Gasteiger partial charge in [-0.3, -0.25) is 14.6 Å². The molecule has 3 heterocycles. The molecule has 3 N–H and O–H groups in total. The number of carbonyl (C=O) groups excluding carboxylic acids is 1. The fraction of sp³-hybridized carbons (Fsp3) is 0.167. The van der Waals surface area contributed by atoms with E-state index in [2.05, 4.69) is 31.1 Å². The molecule has 27 heavy (non-hydrogen) atoms. The van der Waals surface area contributed by atoms with E-state index in [4.69, 9.17) is 0 Å². The van der Waals surface area contributed by atoms with Crippen LogP contribution in [0.5, 0.6) is 0 Å². The third-order valence-corrected chi connectivity index (χ3v) is 3.68. The van der Waals surface area contributed by atoms with Gasteiger partial charge in [-0.1, -0.05) is 0 Å². The van der Waals surface area contributed by atoms with E-state index in [-0.39, 0.29) is 11.1 Å². The molecule has 0 aliphatic heterocycles. The van der Waals surface area contributed by atoms with Gasteiger partial charge in [0.2, 0.25) is 0 Å². The first kappa shape index (κ1) is 18.1. The number of pyridine rings is 2. The molecule has 0 bridgehead atoms. The molecule has 1 amide bonds. The van der Waals surface area contributed by atoms with Crippen LogP contribution in [0.1, 0.15) is 10.4 Å². The zero-order valence-electron chi connectivity index (χ0n) is 14.7. The van der Waals surface area contributed by atoms with Crippen LogP contribution in [-0.4, -0.2) is 38.7 Å². The van der Waals surface area contributed by atoms with Crippen LogP contribution in [-0.2, 0) is 7.05 Å². The number of nitrogens with zero attached hydrogens (tertiary/aromatic N) is 4. The van der Waals surface area contributed by atoms with Crippen LogP contribution in [0.25, 0.3) is 0 Å². The standard InChI is InChI=1S/C18H19N7O2/c1-25-11-3-5-14(18(25)27)17(26)21-10-9-20-15-6-7-16(24-23-15)22-13-4-2-8-19-12-13/h2-8,11-12H,9-10H2,1H3,(H,20,23)(H,21,26)(H,22,24). The predicted molar refractivity (Wildman–Crippen MR) is 102 cm³/mol. The second-order valence-electron chi connectivity index (χ2n) is 5.69. The maximum Gasteiger partial charge on any atom is 0.263 e. The molecule has 138 valence electrons. The molecular weight excluding hydrogens is 346 g/mol. The fourth-order valence-corrected chi connectivity index (χ4v) is 2.31. The van der Waals surface area contributed by atoms with Gasteiger partial charge in [0.25, 0.3) is 11.5 Å². The summed E-state index contributed by atoms with van der Waals surface area (Å²) >= 11 is 0. The summed E-state index contributed by atoms with van der Waals surface area (Å²) in [5, 5.41) is 17.0. The first-order valence-corrected chi connectivity index (χ1v) is 8.32. The van der Waals surface area contributed by atoms with Gasteiger partial charge in [-0.05, 0) is 36.4 Å². The summed E-state index contributed by atoms with van der Waals surface area (Å²) in [6.45, 7) is 0.789. The van der Waals surface area contributed by atoms with Crippen LogP contribution in [0.2, 0.25) is 0 Å². The van der Waals surface area contributed by atoms with Gasteiger partial charge in [-0.2, -0.15) is 0 Å². The van der Waals surface area contributed by atoms with E-state index in [1.54, 1.807) is 43.8 Å². The molecule has 3 rings (SSSR count). The van der Waals surface area contributed by atoms with Crippen LogP contribution in [0.15, 0.2) is 59.8 Å². The number of carbonyl (C=O) groups is 1. The topological polar surface area (TPSA) is 114 Å². The van der Waals surface area contributed by atoms with Gasteiger partial charge in [0.1, 0.15) is 11.4 Å². The zero-order valence-corrected chi connectivity index (χ0v) is 14.7. The number of rotatable bonds is 7. The number of anilines is 3. The summed E-state index contributed by atoms with van der Waals surface area (Å²) in [5.74, 6) is 0.776. The Bertz CT molecular complexity index is 955. The van der Waals surface area contributed by atoms with E-state index in [0.717, 1.165) is 5.69 Å². The Hall–Kier alpha value is -3.75. The monoisotopic (exact) mass is 365 g/mol. The molecule has 0 saturated carbocycles. The molecule has 3 aromatic heterocycles. The molecule has 9 nitrogen and oxygen atoms in total. The van der Waals surface area contributed by atoms with E-state index < -0.39 is 5.91 Å². The molecule has 0 fully saturated rings. The molecular formula is C18H19N7O2. The fourth-order valence-electron chi connectivity index (χ4n) is 2.31. The lowest BCUT2D eigenvalue weighted by Crippen LogP contribution is -2.34. The zero-order chi connectivity index (χ0) is 19.1. The summed E-state index contributed by atoms with van der Waals surface area (Å²) in [5.41, 5.74) is 0.610. The van der Waals surface area contributed by atoms with E-state index in [9.17, 15) is 9.59 Å². The number of aromatic nitrogens is 4. The summed E-state index contributed by atoms with van der Waals surface area (Å²) in [4.78, 5) is 28.0. The Morgan fingerprint density at radius 3 is 2.63 bits per heavy atom. The van der Waals surface area contributed by atoms with Crippen molar-refractivity contribution in [2.75, 3.05) is 23.7 Å². The number of hydrogen-bond donors (Lipinski definition) is 3. The van der Waals surface area contributed by atoms with Crippen molar-refractivity contribution in [3.05, 3.63) is 70.9 Å². The lowest BCUT2D eigenvalue weighted by Gasteiger charge is -2.08. The van der Waals surface area contributed by atoms with Crippen molar-refractivity contribution in [1.29, 1.82) is 0 Å². The minimum absolute atomic E-state index is 0.116. The van der Waals surface area contributed by atoms with E-state index in [0.29, 0.717) is 24.7 Å². The molecule has 0 spiro atoms. The SMILES string of the molecule is Cn1cccc(C(=O)NCCNc2ccc(Nc3cccnc3)nn2)c1=O. The molecule has 0 atom stereocenters. The Kier molecular flexibility index (Phi) is 5.73. The third-order valence-electron chi connectivity index (χ3n) is 3.68. The van der Waals surface area contributed by atoms with Gasteiger partial charge in [-0.25, -0.2) is 0 Å². The van der Waals surface area contributed by atoms with Crippen LogP contribution in [0.4, 0.5) is 17.3 Å². The first-order chi connectivity index (χ1) is 13.1. The van der Waals surface area contributed by atoms with Crippen molar-refractivity contribution < 1.29 is 4.79 Å². The summed E-state index contributed by atoms with van der Waals surface area (Å²) < 4.78 is 1.36. The van der Waals surface area contributed by atoms with Crippen molar-refractivity contribution in [2.45, 2.75) is 0 Å². The lowest BCUT2D eigenvalue weighted by molar-refractivity contribution is 0.0953. The first-order valence-electron chi connectivity index (χ1n) is 8.32. The normalized spacial score (nSPS) is 10.3. The van der Waals surface area contributed by atoms with Crippen molar-refractivity contribution in [2.24, 2.45) is 7.05 Å². The minimum atomic E-state index is -0.403. The average molecular weight is 365 g/mol. The smallest absolute Gasteiger partial charge is 0.263 e. The quantitative estimate of drug-likeness (QED) is 0.538. The lowest BCUT2D eigenvalue weighted by atomic mass is 10.2. The minimum Gasteiger partial charge on any atom is -0.367 e. The molecule has 0 saturated heterocycles. The van der Waals surface area contributed by atoms with E-state index in [1.165, 1.54) is 10.6 Å². The van der Waals surface area contributed by atoms with Gasteiger partial charge in [0, 0.05) is 32.5 Å². The average Bonchev–Trinajstić information content (AvgIpc) is 2.69. The van der Waals surface area contributed by atoms with E-state index >= 15 is 0 Å². The highest BCUT2D eigenvalue weighted by Crippen LogP contribution is 2.12. The van der Waals surface area contributed by atoms with Crippen molar-refractivity contribution in [3.63, 3.8) is 0 Å². The molecule has 0 aromatic carbocycles. The highest BCUT2D eigenvalue weighted by Gasteiger charge is 2.10. The number of amides is 1. The highest BCUT2D eigenvalue weighted by atomic mass is 16.2. The second kappa shape index (κ2) is 8.56. The van der Waals surface area contributed by atoms with Gasteiger partial charge in [0.05, 0.1) is 11.9 Å². The van der Waals surface area contributed by atoms with E-state index in [1.807, 2.05) is 12.1 Å². The Balaban J connectivity index is 1.46. The summed E-state index contributed by atoms with van der Waals surface area (Å²) in [7, 11) is 1.60. The van der Waals surface area contributed by atoms with Gasteiger partial charge in [0.15, 0.2) is 5.82 Å². The molecule has 0 radical (unpaired) electrons. The third kappa shape index (κ3) is 4.88. The van der Waals surface area contributed by atoms with Crippen molar-refractivity contribution in [3.8, 4) is 0 Å². The maximum atomic E-state index is 12.1. The van der Waals surface area contributed by atoms with Crippen LogP contribution < -0.4 is 21.5 Å². The van der Waals surface area contributed by atoms with Gasteiger partial charge in [-0.15, -0.1) is 10.2 Å². The predicted octanol–water partition coefficient (Wildman–Crippen LogP) is 1.16. The molecule has 0 unspecified atom stereocenters. The molecule has 0 aliphatic rings. The second-order valence-corrected chi connectivity index (χ2v) is 5.69. The van der Waals surface area contributed by atoms with Gasteiger partial charge >= 0.3 is 0 Å². The molecule has 9 heteroatoms. The Morgan fingerprint density at radius 1 is 1.07 bits per heavy atom. The molecule has 0 aliphatic carbocycles. The summed E-state index contributed by atoms with van der Waals surface area (Å²) in [6.07, 6.45) is 4.99. The van der Waals surface area contributed by atoms with Crippen molar-refractivity contribution >= 4 is 23.2 Å². The number of aryl methyl sites for hydroxylation is 1. The Morgan fingerprint density at radius 2 is 1.89 bits per heavy atom. The highest BCUT2D eigenvalue weighted by molar-refractivity contribution is 5.93. The van der Waals surface area contributed by atoms with Gasteiger partial charge < -0.3 is 20.5 Å². The largest absolute Gasteiger partial charge is 0.367 e. The van der Waals surface area contributed by atoms with Crippen molar-refractivity contribution in [1.82, 2.24) is 25.1 Å². The maximum absolute atomic E-state index is 12.1. The Labute approximate surface area is 155 Å². The molecule has 3 aromatic rings. The van der Waals surface area contributed by atoms with Crippen LogP contribution in [0.3, 0.4) is 0 Å².